The largest absolute Gasteiger partial charge is 0.355 e. The Morgan fingerprint density at radius 3 is 2.63 bits per heavy atom. The van der Waals surface area contributed by atoms with Gasteiger partial charge in [-0.2, -0.15) is 0 Å². The normalized spacial score (nSPS) is 10.1. The first-order valence-electron chi connectivity index (χ1n) is 5.92. The number of carbonyl (C=O) groups excluding carboxylic acids is 2. The summed E-state index contributed by atoms with van der Waals surface area (Å²) in [7, 11) is 1.59. The molecular weight excluding hydrogens is 332 g/mol. The van der Waals surface area contributed by atoms with Crippen molar-refractivity contribution in [3.63, 3.8) is 0 Å². The van der Waals surface area contributed by atoms with Crippen LogP contribution in [0.2, 0.25) is 5.02 Å². The predicted octanol–water partition coefficient (Wildman–Crippen LogP) is 2.70. The van der Waals surface area contributed by atoms with Gasteiger partial charge in [0.25, 0.3) is 5.91 Å². The SMILES string of the molecule is CCCNC(=O)CN(C)C(=O)c1cc(Cl)cc(Br)c1. The zero-order valence-electron chi connectivity index (χ0n) is 10.9. The van der Waals surface area contributed by atoms with Gasteiger partial charge in [-0.25, -0.2) is 0 Å². The summed E-state index contributed by atoms with van der Waals surface area (Å²) < 4.78 is 0.729. The fraction of sp³-hybridized carbons (Fsp3) is 0.385. The Morgan fingerprint density at radius 1 is 1.37 bits per heavy atom. The van der Waals surface area contributed by atoms with Crippen molar-refractivity contribution in [2.75, 3.05) is 20.1 Å². The molecule has 104 valence electrons. The van der Waals surface area contributed by atoms with E-state index in [1.165, 1.54) is 4.90 Å². The number of benzene rings is 1. The van der Waals surface area contributed by atoms with E-state index in [0.717, 1.165) is 10.9 Å². The highest BCUT2D eigenvalue weighted by molar-refractivity contribution is 9.10. The number of hydrogen-bond acceptors (Lipinski definition) is 2. The highest BCUT2D eigenvalue weighted by Crippen LogP contribution is 2.20. The molecule has 0 aromatic heterocycles. The van der Waals surface area contributed by atoms with Crippen LogP contribution >= 0.6 is 27.5 Å². The molecular formula is C13H16BrClN2O2. The summed E-state index contributed by atoms with van der Waals surface area (Å²) in [5.74, 6) is -0.409. The molecule has 0 fully saturated rings. The number of likely N-dealkylation sites (N-methyl/N-ethyl adjacent to an activating group) is 1. The van der Waals surface area contributed by atoms with Crippen LogP contribution in [-0.2, 0) is 4.79 Å². The fourth-order valence-electron chi connectivity index (χ4n) is 1.51. The van der Waals surface area contributed by atoms with Crippen LogP contribution in [0.3, 0.4) is 0 Å². The number of amides is 2. The summed E-state index contributed by atoms with van der Waals surface area (Å²) in [5.41, 5.74) is 0.449. The standard InChI is InChI=1S/C13H16BrClN2O2/c1-3-4-16-12(18)8-17(2)13(19)9-5-10(14)7-11(15)6-9/h5-7H,3-4,8H2,1-2H3,(H,16,18). The lowest BCUT2D eigenvalue weighted by atomic mass is 10.2. The topological polar surface area (TPSA) is 49.4 Å². The Hall–Kier alpha value is -1.07. The van der Waals surface area contributed by atoms with Crippen molar-refractivity contribution in [3.8, 4) is 0 Å². The molecule has 4 nitrogen and oxygen atoms in total. The van der Waals surface area contributed by atoms with E-state index in [4.69, 9.17) is 11.6 Å². The highest BCUT2D eigenvalue weighted by Gasteiger charge is 2.15. The molecule has 0 radical (unpaired) electrons. The average molecular weight is 348 g/mol. The van der Waals surface area contributed by atoms with E-state index < -0.39 is 0 Å². The van der Waals surface area contributed by atoms with Crippen molar-refractivity contribution in [2.24, 2.45) is 0 Å². The van der Waals surface area contributed by atoms with Gasteiger partial charge in [-0.15, -0.1) is 0 Å². The van der Waals surface area contributed by atoms with Crippen LogP contribution in [0.5, 0.6) is 0 Å². The Morgan fingerprint density at radius 2 is 2.05 bits per heavy atom. The molecule has 0 heterocycles. The lowest BCUT2D eigenvalue weighted by molar-refractivity contribution is -0.121. The minimum atomic E-state index is -0.241. The van der Waals surface area contributed by atoms with Crippen molar-refractivity contribution in [3.05, 3.63) is 33.3 Å². The molecule has 0 aliphatic carbocycles. The first kappa shape index (κ1) is 16.0. The Labute approximate surface area is 126 Å². The summed E-state index contributed by atoms with van der Waals surface area (Å²) in [5, 5.41) is 3.20. The van der Waals surface area contributed by atoms with E-state index in [2.05, 4.69) is 21.2 Å². The van der Waals surface area contributed by atoms with Crippen LogP contribution in [-0.4, -0.2) is 36.9 Å². The lowest BCUT2D eigenvalue weighted by Crippen LogP contribution is -2.38. The molecule has 1 N–H and O–H groups in total. The highest BCUT2D eigenvalue weighted by atomic mass is 79.9. The van der Waals surface area contributed by atoms with E-state index in [0.29, 0.717) is 17.1 Å². The van der Waals surface area contributed by atoms with Crippen LogP contribution in [0.4, 0.5) is 0 Å². The molecule has 0 spiro atoms. The van der Waals surface area contributed by atoms with Gasteiger partial charge in [0.1, 0.15) is 0 Å². The summed E-state index contributed by atoms with van der Waals surface area (Å²) in [6, 6.07) is 4.95. The third-order valence-corrected chi connectivity index (χ3v) is 3.09. The van der Waals surface area contributed by atoms with Crippen molar-refractivity contribution < 1.29 is 9.59 Å². The van der Waals surface area contributed by atoms with Crippen LogP contribution in [0.15, 0.2) is 22.7 Å². The van der Waals surface area contributed by atoms with E-state index in [1.807, 2.05) is 6.92 Å². The van der Waals surface area contributed by atoms with Crippen LogP contribution in [0.1, 0.15) is 23.7 Å². The molecule has 2 amide bonds. The molecule has 0 unspecified atom stereocenters. The summed E-state index contributed by atoms with van der Waals surface area (Å²) in [6.45, 7) is 2.62. The van der Waals surface area contributed by atoms with E-state index in [1.54, 1.807) is 25.2 Å². The quantitative estimate of drug-likeness (QED) is 0.890. The van der Waals surface area contributed by atoms with Crippen molar-refractivity contribution >= 4 is 39.3 Å². The first-order chi connectivity index (χ1) is 8.93. The summed E-state index contributed by atoms with van der Waals surface area (Å²) in [6.07, 6.45) is 0.866. The van der Waals surface area contributed by atoms with Gasteiger partial charge >= 0.3 is 0 Å². The maximum absolute atomic E-state index is 12.1. The smallest absolute Gasteiger partial charge is 0.254 e. The van der Waals surface area contributed by atoms with Crippen molar-refractivity contribution in [2.45, 2.75) is 13.3 Å². The average Bonchev–Trinajstić information content (AvgIpc) is 2.34. The van der Waals surface area contributed by atoms with Crippen molar-refractivity contribution in [1.29, 1.82) is 0 Å². The van der Waals surface area contributed by atoms with Gasteiger partial charge in [0.15, 0.2) is 0 Å². The Bertz CT molecular complexity index is 459. The Kier molecular flexibility index (Phi) is 6.31. The second-order valence-corrected chi connectivity index (χ2v) is 5.52. The number of carbonyl (C=O) groups is 2. The van der Waals surface area contributed by atoms with E-state index in [9.17, 15) is 9.59 Å². The molecule has 0 aliphatic heterocycles. The molecule has 0 bridgehead atoms. The molecule has 0 atom stereocenters. The molecule has 1 aromatic carbocycles. The van der Waals surface area contributed by atoms with Gasteiger partial charge in [0.2, 0.25) is 5.91 Å². The molecule has 0 saturated heterocycles. The number of nitrogens with one attached hydrogen (secondary N) is 1. The molecule has 0 aliphatic rings. The maximum Gasteiger partial charge on any atom is 0.254 e. The maximum atomic E-state index is 12.1. The van der Waals surface area contributed by atoms with Gasteiger partial charge in [-0.1, -0.05) is 34.5 Å². The first-order valence-corrected chi connectivity index (χ1v) is 7.09. The number of halogens is 2. The zero-order chi connectivity index (χ0) is 14.4. The molecule has 1 rings (SSSR count). The molecule has 6 heteroatoms. The third kappa shape index (κ3) is 5.20. The molecule has 1 aromatic rings. The van der Waals surface area contributed by atoms with Crippen molar-refractivity contribution in [1.82, 2.24) is 10.2 Å². The number of hydrogen-bond donors (Lipinski definition) is 1. The zero-order valence-corrected chi connectivity index (χ0v) is 13.2. The van der Waals surface area contributed by atoms with Gasteiger partial charge in [-0.3, -0.25) is 9.59 Å². The summed E-state index contributed by atoms with van der Waals surface area (Å²) in [4.78, 5) is 25.0. The molecule has 19 heavy (non-hydrogen) atoms. The van der Waals surface area contributed by atoms with Crippen LogP contribution < -0.4 is 5.32 Å². The van der Waals surface area contributed by atoms with E-state index >= 15 is 0 Å². The van der Waals surface area contributed by atoms with Gasteiger partial charge < -0.3 is 10.2 Å². The van der Waals surface area contributed by atoms with Crippen LogP contribution in [0.25, 0.3) is 0 Å². The van der Waals surface area contributed by atoms with Gasteiger partial charge in [0, 0.05) is 28.7 Å². The lowest BCUT2D eigenvalue weighted by Gasteiger charge is -2.17. The Balaban J connectivity index is 2.68. The fourth-order valence-corrected chi connectivity index (χ4v) is 2.37. The van der Waals surface area contributed by atoms with Gasteiger partial charge in [-0.05, 0) is 24.6 Å². The third-order valence-electron chi connectivity index (χ3n) is 2.41. The minimum Gasteiger partial charge on any atom is -0.355 e. The second kappa shape index (κ2) is 7.50. The van der Waals surface area contributed by atoms with E-state index in [-0.39, 0.29) is 18.4 Å². The van der Waals surface area contributed by atoms with Gasteiger partial charge in [0.05, 0.1) is 6.54 Å². The number of nitrogens with zero attached hydrogens (tertiary/aromatic N) is 1. The monoisotopic (exact) mass is 346 g/mol. The predicted molar refractivity (Wildman–Crippen MR) is 79.4 cm³/mol. The second-order valence-electron chi connectivity index (χ2n) is 4.17. The molecule has 0 saturated carbocycles. The number of rotatable bonds is 5. The van der Waals surface area contributed by atoms with Crippen LogP contribution in [0, 0.1) is 0 Å². The summed E-state index contributed by atoms with van der Waals surface area (Å²) >= 11 is 9.17. The minimum absolute atomic E-state index is 0.0307.